The maximum atomic E-state index is 12.5. The summed E-state index contributed by atoms with van der Waals surface area (Å²) in [6.07, 6.45) is 2.40. The van der Waals surface area contributed by atoms with Crippen LogP contribution in [0.15, 0.2) is 17.2 Å². The average Bonchev–Trinajstić information content (AvgIpc) is 2.94. The summed E-state index contributed by atoms with van der Waals surface area (Å²) < 4.78 is 6.83. The quantitative estimate of drug-likeness (QED) is 0.854. The van der Waals surface area contributed by atoms with Crippen LogP contribution in [0.5, 0.6) is 0 Å². The molecule has 1 saturated heterocycles. The summed E-state index contributed by atoms with van der Waals surface area (Å²) >= 11 is 1.53. The van der Waals surface area contributed by atoms with E-state index in [0.717, 1.165) is 16.1 Å². The number of hydrogen-bond donors (Lipinski definition) is 0. The van der Waals surface area contributed by atoms with Crippen LogP contribution in [0.3, 0.4) is 0 Å². The standard InChI is InChI=1S/C15H19N3O3S/c1-3-11-6-12-14(22-11)16-9-18(15(12)20)8-13(19)17-4-5-21-10(2)7-17/h6,9-10H,3-5,7-8H2,1-2H3/t10-/m0/s1. The molecule has 0 bridgehead atoms. The van der Waals surface area contributed by atoms with Gasteiger partial charge in [-0.15, -0.1) is 11.3 Å². The number of morpholine rings is 1. The lowest BCUT2D eigenvalue weighted by Crippen LogP contribution is -2.46. The summed E-state index contributed by atoms with van der Waals surface area (Å²) in [6, 6.07) is 1.88. The predicted octanol–water partition coefficient (Wildman–Crippen LogP) is 1.27. The van der Waals surface area contributed by atoms with Gasteiger partial charge in [-0.25, -0.2) is 4.98 Å². The maximum absolute atomic E-state index is 12.5. The van der Waals surface area contributed by atoms with Crippen LogP contribution in [-0.4, -0.2) is 46.2 Å². The van der Waals surface area contributed by atoms with Crippen molar-refractivity contribution in [2.75, 3.05) is 19.7 Å². The summed E-state index contributed by atoms with van der Waals surface area (Å²) in [5.41, 5.74) is -0.143. The van der Waals surface area contributed by atoms with Crippen LogP contribution in [0.2, 0.25) is 0 Å². The first-order chi connectivity index (χ1) is 10.6. The second kappa shape index (κ2) is 6.18. The van der Waals surface area contributed by atoms with Gasteiger partial charge in [0.15, 0.2) is 0 Å². The molecule has 3 heterocycles. The Bertz CT molecular complexity index is 752. The molecule has 118 valence electrons. The molecular formula is C15H19N3O3S. The second-order valence-electron chi connectivity index (χ2n) is 5.48. The van der Waals surface area contributed by atoms with E-state index in [1.807, 2.05) is 19.9 Å². The molecule has 2 aromatic rings. The lowest BCUT2D eigenvalue weighted by molar-refractivity contribution is -0.138. The van der Waals surface area contributed by atoms with E-state index < -0.39 is 0 Å². The van der Waals surface area contributed by atoms with Gasteiger partial charge in [-0.3, -0.25) is 14.2 Å². The van der Waals surface area contributed by atoms with Gasteiger partial charge in [0, 0.05) is 18.0 Å². The summed E-state index contributed by atoms with van der Waals surface area (Å²) in [7, 11) is 0. The Morgan fingerprint density at radius 2 is 2.36 bits per heavy atom. The third-order valence-corrected chi connectivity index (χ3v) is 5.00. The van der Waals surface area contributed by atoms with E-state index in [1.54, 1.807) is 4.90 Å². The summed E-state index contributed by atoms with van der Waals surface area (Å²) in [4.78, 5) is 32.7. The van der Waals surface area contributed by atoms with Gasteiger partial charge in [0.05, 0.1) is 24.4 Å². The van der Waals surface area contributed by atoms with Gasteiger partial charge < -0.3 is 9.64 Å². The third kappa shape index (κ3) is 2.91. The highest BCUT2D eigenvalue weighted by atomic mass is 32.1. The smallest absolute Gasteiger partial charge is 0.262 e. The van der Waals surface area contributed by atoms with Gasteiger partial charge in [0.25, 0.3) is 5.56 Å². The number of fused-ring (bicyclic) bond motifs is 1. The first kappa shape index (κ1) is 15.2. The molecule has 0 saturated carbocycles. The monoisotopic (exact) mass is 321 g/mol. The van der Waals surface area contributed by atoms with Crippen LogP contribution in [0.4, 0.5) is 0 Å². The van der Waals surface area contributed by atoms with E-state index in [4.69, 9.17) is 4.74 Å². The van der Waals surface area contributed by atoms with Crippen molar-refractivity contribution in [1.82, 2.24) is 14.5 Å². The number of amides is 1. The highest BCUT2D eigenvalue weighted by molar-refractivity contribution is 7.18. The molecule has 0 unspecified atom stereocenters. The summed E-state index contributed by atoms with van der Waals surface area (Å²) in [5, 5.41) is 0.604. The van der Waals surface area contributed by atoms with Gasteiger partial charge in [0.2, 0.25) is 5.91 Å². The van der Waals surface area contributed by atoms with Crippen LogP contribution < -0.4 is 5.56 Å². The fraction of sp³-hybridized carbons (Fsp3) is 0.533. The maximum Gasteiger partial charge on any atom is 0.262 e. The number of carbonyl (C=O) groups excluding carboxylic acids is 1. The highest BCUT2D eigenvalue weighted by Crippen LogP contribution is 2.21. The molecule has 1 amide bonds. The Labute approximate surface area is 132 Å². The zero-order valence-corrected chi connectivity index (χ0v) is 13.6. The molecule has 1 aliphatic rings. The molecule has 1 aliphatic heterocycles. The summed E-state index contributed by atoms with van der Waals surface area (Å²) in [6.45, 7) is 5.71. The van der Waals surface area contributed by atoms with Crippen molar-refractivity contribution >= 4 is 27.5 Å². The predicted molar refractivity (Wildman–Crippen MR) is 85.3 cm³/mol. The molecule has 22 heavy (non-hydrogen) atoms. The van der Waals surface area contributed by atoms with Crippen molar-refractivity contribution in [2.24, 2.45) is 0 Å². The van der Waals surface area contributed by atoms with E-state index in [0.29, 0.717) is 25.1 Å². The number of aromatic nitrogens is 2. The van der Waals surface area contributed by atoms with Crippen LogP contribution in [0.1, 0.15) is 18.7 Å². The molecule has 0 radical (unpaired) electrons. The van der Waals surface area contributed by atoms with Crippen molar-refractivity contribution in [3.63, 3.8) is 0 Å². The fourth-order valence-electron chi connectivity index (χ4n) is 2.59. The van der Waals surface area contributed by atoms with Gasteiger partial charge in [-0.1, -0.05) is 6.92 Å². The Hall–Kier alpha value is -1.73. The number of carbonyl (C=O) groups is 1. The summed E-state index contributed by atoms with van der Waals surface area (Å²) in [5.74, 6) is -0.0654. The van der Waals surface area contributed by atoms with E-state index >= 15 is 0 Å². The minimum absolute atomic E-state index is 0.0335. The minimum atomic E-state index is -0.143. The Balaban J connectivity index is 1.82. The largest absolute Gasteiger partial charge is 0.375 e. The zero-order valence-electron chi connectivity index (χ0n) is 12.7. The third-order valence-electron chi connectivity index (χ3n) is 3.82. The molecule has 2 aromatic heterocycles. The number of ether oxygens (including phenoxy) is 1. The molecule has 0 aliphatic carbocycles. The van der Waals surface area contributed by atoms with Gasteiger partial charge in [0.1, 0.15) is 11.4 Å². The van der Waals surface area contributed by atoms with E-state index in [-0.39, 0.29) is 24.1 Å². The average molecular weight is 321 g/mol. The molecule has 1 fully saturated rings. The molecule has 0 aromatic carbocycles. The molecule has 0 spiro atoms. The molecule has 6 nitrogen and oxygen atoms in total. The zero-order chi connectivity index (χ0) is 15.7. The Kier molecular flexibility index (Phi) is 4.26. The lowest BCUT2D eigenvalue weighted by atomic mass is 10.3. The number of rotatable bonds is 3. The lowest BCUT2D eigenvalue weighted by Gasteiger charge is -2.31. The highest BCUT2D eigenvalue weighted by Gasteiger charge is 2.22. The van der Waals surface area contributed by atoms with Crippen molar-refractivity contribution < 1.29 is 9.53 Å². The molecular weight excluding hydrogens is 302 g/mol. The number of nitrogens with zero attached hydrogens (tertiary/aromatic N) is 3. The number of aryl methyl sites for hydroxylation is 1. The Morgan fingerprint density at radius 3 is 3.09 bits per heavy atom. The number of thiophene rings is 1. The van der Waals surface area contributed by atoms with E-state index in [9.17, 15) is 9.59 Å². The van der Waals surface area contributed by atoms with Gasteiger partial charge in [-0.2, -0.15) is 0 Å². The van der Waals surface area contributed by atoms with Crippen LogP contribution in [0.25, 0.3) is 10.2 Å². The van der Waals surface area contributed by atoms with Crippen LogP contribution in [-0.2, 0) is 22.5 Å². The van der Waals surface area contributed by atoms with Crippen molar-refractivity contribution in [2.45, 2.75) is 32.9 Å². The topological polar surface area (TPSA) is 64.4 Å². The fourth-order valence-corrected chi connectivity index (χ4v) is 3.51. The van der Waals surface area contributed by atoms with Gasteiger partial charge in [-0.05, 0) is 19.4 Å². The molecule has 7 heteroatoms. The molecule has 3 rings (SSSR count). The first-order valence-electron chi connectivity index (χ1n) is 7.45. The van der Waals surface area contributed by atoms with E-state index in [1.165, 1.54) is 22.2 Å². The first-order valence-corrected chi connectivity index (χ1v) is 8.27. The molecule has 0 N–H and O–H groups in total. The second-order valence-corrected chi connectivity index (χ2v) is 6.60. The van der Waals surface area contributed by atoms with Crippen molar-refractivity contribution in [3.8, 4) is 0 Å². The van der Waals surface area contributed by atoms with E-state index in [2.05, 4.69) is 4.98 Å². The minimum Gasteiger partial charge on any atom is -0.375 e. The SMILES string of the molecule is CCc1cc2c(=O)n(CC(=O)N3CCO[C@@H](C)C3)cnc2s1. The molecule has 1 atom stereocenters. The Morgan fingerprint density at radius 1 is 1.55 bits per heavy atom. The number of hydrogen-bond acceptors (Lipinski definition) is 5. The normalized spacial score (nSPS) is 18.8. The van der Waals surface area contributed by atoms with Crippen molar-refractivity contribution in [3.05, 3.63) is 27.6 Å². The van der Waals surface area contributed by atoms with Gasteiger partial charge >= 0.3 is 0 Å². The van der Waals surface area contributed by atoms with Crippen LogP contribution in [0, 0.1) is 0 Å². The van der Waals surface area contributed by atoms with Crippen molar-refractivity contribution in [1.29, 1.82) is 0 Å². The van der Waals surface area contributed by atoms with Crippen LogP contribution >= 0.6 is 11.3 Å².